The minimum atomic E-state index is -0.248. The number of Topliss-reactive ketones (excluding diaryl/α,β-unsaturated/α-hetero) is 1. The van der Waals surface area contributed by atoms with Gasteiger partial charge in [0.2, 0.25) is 5.78 Å². The van der Waals surface area contributed by atoms with Gasteiger partial charge in [0.1, 0.15) is 5.75 Å². The highest BCUT2D eigenvalue weighted by atomic mass is 16.5. The summed E-state index contributed by atoms with van der Waals surface area (Å²) in [4.78, 5) is 12.0. The molecule has 0 aliphatic carbocycles. The Kier molecular flexibility index (Phi) is 2.99. The van der Waals surface area contributed by atoms with Crippen LogP contribution in [0.15, 0.2) is 18.2 Å². The summed E-state index contributed by atoms with van der Waals surface area (Å²) >= 11 is 0. The van der Waals surface area contributed by atoms with Crippen LogP contribution in [-0.4, -0.2) is 11.9 Å². The number of fused-ring (bicyclic) bond motifs is 1. The predicted molar refractivity (Wildman–Crippen MR) is 64.2 cm³/mol. The number of ether oxygens (including phenoxy) is 1. The summed E-state index contributed by atoms with van der Waals surface area (Å²) in [6.45, 7) is 6.33. The molecule has 1 aliphatic heterocycles. The van der Waals surface area contributed by atoms with E-state index in [1.165, 1.54) is 5.56 Å². The van der Waals surface area contributed by atoms with Gasteiger partial charge in [-0.05, 0) is 30.0 Å². The summed E-state index contributed by atoms with van der Waals surface area (Å²) in [5.74, 6) is 1.36. The summed E-state index contributed by atoms with van der Waals surface area (Å²) in [7, 11) is 0. The van der Waals surface area contributed by atoms with E-state index in [-0.39, 0.29) is 11.9 Å². The molecule has 0 radical (unpaired) electrons. The Morgan fingerprint density at radius 1 is 1.38 bits per heavy atom. The first-order chi connectivity index (χ1) is 7.63. The topological polar surface area (TPSA) is 26.3 Å². The van der Waals surface area contributed by atoms with Crippen LogP contribution in [0.2, 0.25) is 0 Å². The van der Waals surface area contributed by atoms with Crippen molar-refractivity contribution < 1.29 is 9.53 Å². The summed E-state index contributed by atoms with van der Waals surface area (Å²) in [6.07, 6.45) is 1.54. The number of rotatable bonds is 3. The Morgan fingerprint density at radius 2 is 2.12 bits per heavy atom. The van der Waals surface area contributed by atoms with Crippen LogP contribution in [0.1, 0.15) is 55.5 Å². The molecule has 0 spiro atoms. The van der Waals surface area contributed by atoms with E-state index >= 15 is 0 Å². The van der Waals surface area contributed by atoms with Gasteiger partial charge in [0.05, 0.1) is 5.56 Å². The Labute approximate surface area is 96.6 Å². The zero-order valence-electron chi connectivity index (χ0n) is 10.1. The third kappa shape index (κ3) is 1.84. The summed E-state index contributed by atoms with van der Waals surface area (Å²) in [6, 6.07) is 5.96. The van der Waals surface area contributed by atoms with Crippen LogP contribution >= 0.6 is 0 Å². The Bertz CT molecular complexity index is 407. The fraction of sp³-hybridized carbons (Fsp3) is 0.500. The first-order valence-electron chi connectivity index (χ1n) is 5.98. The van der Waals surface area contributed by atoms with Crippen LogP contribution in [0.5, 0.6) is 5.75 Å². The summed E-state index contributed by atoms with van der Waals surface area (Å²) < 4.78 is 5.64. The molecule has 1 atom stereocenters. The van der Waals surface area contributed by atoms with Gasteiger partial charge in [0, 0.05) is 0 Å². The maximum absolute atomic E-state index is 12.0. The maximum Gasteiger partial charge on any atom is 0.207 e. The second-order valence-corrected chi connectivity index (χ2v) is 4.67. The molecular formula is C14H18O2. The molecule has 0 aromatic heterocycles. The molecule has 2 heteroatoms. The van der Waals surface area contributed by atoms with Gasteiger partial charge in [-0.2, -0.15) is 0 Å². The number of ketones is 1. The standard InChI is InChI=1S/C14H18O2/c1-4-5-13-14(15)11-8-10(9(2)3)6-7-12(11)16-13/h6-9,13H,4-5H2,1-3H3. The lowest BCUT2D eigenvalue weighted by Crippen LogP contribution is -2.19. The monoisotopic (exact) mass is 218 g/mol. The van der Waals surface area contributed by atoms with E-state index in [1.807, 2.05) is 18.2 Å². The molecule has 1 unspecified atom stereocenters. The van der Waals surface area contributed by atoms with Gasteiger partial charge in [-0.3, -0.25) is 4.79 Å². The molecule has 0 fully saturated rings. The fourth-order valence-electron chi connectivity index (χ4n) is 2.03. The van der Waals surface area contributed by atoms with E-state index in [4.69, 9.17) is 4.74 Å². The minimum absolute atomic E-state index is 0.152. The zero-order chi connectivity index (χ0) is 11.7. The molecule has 0 saturated carbocycles. The molecule has 16 heavy (non-hydrogen) atoms. The molecule has 86 valence electrons. The van der Waals surface area contributed by atoms with E-state index in [1.54, 1.807) is 0 Å². The Balaban J connectivity index is 2.30. The summed E-state index contributed by atoms with van der Waals surface area (Å²) in [5.41, 5.74) is 1.97. The molecule has 1 aliphatic rings. The van der Waals surface area contributed by atoms with Crippen molar-refractivity contribution in [2.45, 2.75) is 45.6 Å². The van der Waals surface area contributed by atoms with Crippen molar-refractivity contribution in [1.29, 1.82) is 0 Å². The molecule has 1 aromatic carbocycles. The largest absolute Gasteiger partial charge is 0.482 e. The predicted octanol–water partition coefficient (Wildman–Crippen LogP) is 3.55. The zero-order valence-corrected chi connectivity index (χ0v) is 10.1. The van der Waals surface area contributed by atoms with Crippen molar-refractivity contribution in [3.05, 3.63) is 29.3 Å². The highest BCUT2D eigenvalue weighted by Gasteiger charge is 2.31. The van der Waals surface area contributed by atoms with Crippen LogP contribution in [0.4, 0.5) is 0 Å². The molecule has 0 saturated heterocycles. The maximum atomic E-state index is 12.0. The van der Waals surface area contributed by atoms with E-state index < -0.39 is 0 Å². The lowest BCUT2D eigenvalue weighted by molar-refractivity contribution is 0.0845. The van der Waals surface area contributed by atoms with Crippen LogP contribution in [0.25, 0.3) is 0 Å². The normalized spacial score (nSPS) is 18.8. The minimum Gasteiger partial charge on any atom is -0.482 e. The Morgan fingerprint density at radius 3 is 2.75 bits per heavy atom. The highest BCUT2D eigenvalue weighted by Crippen LogP contribution is 2.32. The number of hydrogen-bond donors (Lipinski definition) is 0. The SMILES string of the molecule is CCCC1Oc2ccc(C(C)C)cc2C1=O. The molecule has 0 amide bonds. The van der Waals surface area contributed by atoms with Crippen LogP contribution < -0.4 is 4.74 Å². The van der Waals surface area contributed by atoms with Crippen LogP contribution in [0.3, 0.4) is 0 Å². The van der Waals surface area contributed by atoms with Crippen molar-refractivity contribution in [3.63, 3.8) is 0 Å². The Hall–Kier alpha value is -1.31. The molecule has 0 bridgehead atoms. The average Bonchev–Trinajstić information content (AvgIpc) is 2.56. The summed E-state index contributed by atoms with van der Waals surface area (Å²) in [5, 5.41) is 0. The number of hydrogen-bond acceptors (Lipinski definition) is 2. The van der Waals surface area contributed by atoms with Gasteiger partial charge in [0.25, 0.3) is 0 Å². The van der Waals surface area contributed by atoms with Gasteiger partial charge >= 0.3 is 0 Å². The lowest BCUT2D eigenvalue weighted by atomic mass is 9.98. The van der Waals surface area contributed by atoms with Crippen molar-refractivity contribution in [2.75, 3.05) is 0 Å². The first kappa shape index (κ1) is 11.2. The second kappa shape index (κ2) is 4.28. The van der Waals surface area contributed by atoms with Crippen molar-refractivity contribution >= 4 is 5.78 Å². The number of benzene rings is 1. The third-order valence-corrected chi connectivity index (χ3v) is 3.05. The highest BCUT2D eigenvalue weighted by molar-refractivity contribution is 6.04. The van der Waals surface area contributed by atoms with Crippen LogP contribution in [0, 0.1) is 0 Å². The van der Waals surface area contributed by atoms with Crippen LogP contribution in [-0.2, 0) is 0 Å². The first-order valence-corrected chi connectivity index (χ1v) is 5.98. The van der Waals surface area contributed by atoms with E-state index in [9.17, 15) is 4.79 Å². The molecule has 1 heterocycles. The van der Waals surface area contributed by atoms with Crippen molar-refractivity contribution in [3.8, 4) is 5.75 Å². The van der Waals surface area contributed by atoms with E-state index in [0.29, 0.717) is 5.92 Å². The lowest BCUT2D eigenvalue weighted by Gasteiger charge is -2.07. The van der Waals surface area contributed by atoms with Gasteiger partial charge < -0.3 is 4.74 Å². The van der Waals surface area contributed by atoms with Gasteiger partial charge in [0.15, 0.2) is 6.10 Å². The average molecular weight is 218 g/mol. The number of carbonyl (C=O) groups is 1. The quantitative estimate of drug-likeness (QED) is 0.775. The van der Waals surface area contributed by atoms with E-state index in [0.717, 1.165) is 24.2 Å². The van der Waals surface area contributed by atoms with Crippen molar-refractivity contribution in [1.82, 2.24) is 0 Å². The van der Waals surface area contributed by atoms with Crippen molar-refractivity contribution in [2.24, 2.45) is 0 Å². The molecule has 2 nitrogen and oxygen atoms in total. The molecule has 0 N–H and O–H groups in total. The number of carbonyl (C=O) groups excluding carboxylic acids is 1. The molecular weight excluding hydrogens is 200 g/mol. The second-order valence-electron chi connectivity index (χ2n) is 4.67. The van der Waals surface area contributed by atoms with Gasteiger partial charge in [-0.25, -0.2) is 0 Å². The fourth-order valence-corrected chi connectivity index (χ4v) is 2.03. The van der Waals surface area contributed by atoms with Gasteiger partial charge in [-0.1, -0.05) is 33.3 Å². The molecule has 1 aromatic rings. The van der Waals surface area contributed by atoms with Gasteiger partial charge in [-0.15, -0.1) is 0 Å². The smallest absolute Gasteiger partial charge is 0.207 e. The third-order valence-electron chi connectivity index (χ3n) is 3.05. The molecule has 2 rings (SSSR count). The van der Waals surface area contributed by atoms with E-state index in [2.05, 4.69) is 20.8 Å².